The molecule has 49 heavy (non-hydrogen) atoms. The number of amides is 2. The first-order valence-corrected chi connectivity index (χ1v) is 15.2. The van der Waals surface area contributed by atoms with Crippen LogP contribution in [-0.4, -0.2) is 57.1 Å². The first-order chi connectivity index (χ1) is 23.8. The average molecular weight is 682 g/mol. The van der Waals surface area contributed by atoms with Gasteiger partial charge in [-0.15, -0.1) is 9.90 Å². The van der Waals surface area contributed by atoms with E-state index >= 15 is 0 Å². The molecule has 0 spiro atoms. The average Bonchev–Trinajstić information content (AvgIpc) is 3.60. The van der Waals surface area contributed by atoms with Crippen molar-refractivity contribution in [3.8, 4) is 11.4 Å². The second-order valence-corrected chi connectivity index (χ2v) is 11.0. The van der Waals surface area contributed by atoms with Gasteiger partial charge in [0.15, 0.2) is 5.69 Å². The molecule has 0 radical (unpaired) electrons. The van der Waals surface area contributed by atoms with Crippen LogP contribution in [-0.2, 0) is 11.3 Å². The quantitative estimate of drug-likeness (QED) is 0.0950. The Hall–Kier alpha value is -6.12. The highest BCUT2D eigenvalue weighted by atomic mass is 35.5. The van der Waals surface area contributed by atoms with Crippen molar-refractivity contribution in [3.05, 3.63) is 119 Å². The number of nitrogen functional groups attached to an aromatic ring is 1. The van der Waals surface area contributed by atoms with Gasteiger partial charge >= 0.3 is 0 Å². The Morgan fingerprint density at radius 2 is 1.80 bits per heavy atom. The number of hydrogen-bond acceptors (Lipinski definition) is 10. The van der Waals surface area contributed by atoms with Crippen LogP contribution in [0.25, 0.3) is 16.6 Å². The Morgan fingerprint density at radius 3 is 2.57 bits per heavy atom. The van der Waals surface area contributed by atoms with Crippen LogP contribution in [0.5, 0.6) is 5.75 Å². The van der Waals surface area contributed by atoms with Crippen LogP contribution in [0.3, 0.4) is 0 Å². The van der Waals surface area contributed by atoms with Crippen LogP contribution in [0.4, 0.5) is 27.3 Å². The largest absolute Gasteiger partial charge is 0.489 e. The molecule has 2 heterocycles. The summed E-state index contributed by atoms with van der Waals surface area (Å²) in [6.45, 7) is 0.738. The summed E-state index contributed by atoms with van der Waals surface area (Å²) >= 11 is 5.97. The van der Waals surface area contributed by atoms with Crippen molar-refractivity contribution in [2.45, 2.75) is 6.54 Å². The molecule has 6 rings (SSSR count). The molecule has 0 atom stereocenters. The third kappa shape index (κ3) is 7.72. The van der Waals surface area contributed by atoms with E-state index in [4.69, 9.17) is 26.8 Å². The zero-order chi connectivity index (χ0) is 34.3. The highest BCUT2D eigenvalue weighted by molar-refractivity contribution is 6.31. The van der Waals surface area contributed by atoms with Gasteiger partial charge in [0.05, 0.1) is 34.7 Å². The third-order valence-corrected chi connectivity index (χ3v) is 7.55. The number of rotatable bonds is 12. The molecule has 0 unspecified atom stereocenters. The summed E-state index contributed by atoms with van der Waals surface area (Å²) in [5.74, 6) is -0.513. The fraction of sp³-hybridized carbons (Fsp3) is 0.118. The van der Waals surface area contributed by atoms with Crippen LogP contribution in [0.1, 0.15) is 26.4 Å². The maximum atomic E-state index is 13.7. The van der Waals surface area contributed by atoms with Gasteiger partial charge in [-0.2, -0.15) is 5.10 Å². The van der Waals surface area contributed by atoms with Crippen molar-refractivity contribution in [3.63, 3.8) is 0 Å². The number of nitrogens with two attached hydrogens (primary N) is 1. The minimum Gasteiger partial charge on any atom is -0.489 e. The molecular formula is C34H29ClFN9O4. The second kappa shape index (κ2) is 14.8. The lowest BCUT2D eigenvalue weighted by atomic mass is 10.1. The van der Waals surface area contributed by atoms with E-state index in [0.29, 0.717) is 57.4 Å². The number of methoxy groups -OCH3 is 1. The zero-order valence-electron chi connectivity index (χ0n) is 26.0. The molecule has 4 aromatic carbocycles. The summed E-state index contributed by atoms with van der Waals surface area (Å²) < 4.78 is 24.8. The lowest BCUT2D eigenvalue weighted by Gasteiger charge is -2.14. The number of aromatic nitrogens is 5. The predicted octanol–water partition coefficient (Wildman–Crippen LogP) is 5.54. The van der Waals surface area contributed by atoms with E-state index in [-0.39, 0.29) is 29.8 Å². The lowest BCUT2D eigenvalue weighted by molar-refractivity contribution is 0.0944. The highest BCUT2D eigenvalue weighted by Crippen LogP contribution is 2.32. The van der Waals surface area contributed by atoms with Crippen LogP contribution in [0.2, 0.25) is 5.02 Å². The van der Waals surface area contributed by atoms with Gasteiger partial charge in [0.25, 0.3) is 11.8 Å². The van der Waals surface area contributed by atoms with Gasteiger partial charge in [-0.3, -0.25) is 9.59 Å². The number of halogens is 2. The SMILES string of the molecule is COCCOc1cc2ncnc(Nc3ccc(F)c(Cl)c3)c2cc1-n1ncc(C(=O)NCc2ccc(C(=O)Nc3ccccc3N)cc2)n1. The van der Waals surface area contributed by atoms with Crippen LogP contribution >= 0.6 is 11.6 Å². The molecule has 0 saturated heterocycles. The Kier molecular flexibility index (Phi) is 9.88. The number of fused-ring (bicyclic) bond motifs is 1. The van der Waals surface area contributed by atoms with Crippen LogP contribution in [0, 0.1) is 5.82 Å². The standard InChI is InChI=1S/C34H29ClFN9O4/c1-48-12-13-49-31-16-28-23(32(40-19-39-28)42-22-10-11-25(36)24(35)14-22)15-30(31)45-41-18-29(44-45)34(47)38-17-20-6-8-21(9-7-20)33(46)43-27-5-3-2-4-26(27)37/h2-11,14-16,18-19H,12-13,17,37H2,1H3,(H,38,47)(H,43,46)(H,39,40,42). The second-order valence-electron chi connectivity index (χ2n) is 10.6. The van der Waals surface area contributed by atoms with Crippen molar-refractivity contribution < 1.29 is 23.5 Å². The van der Waals surface area contributed by atoms with Crippen LogP contribution in [0.15, 0.2) is 91.4 Å². The number of hydrogen-bond donors (Lipinski definition) is 4. The Bertz CT molecular complexity index is 2140. The molecule has 2 amide bonds. The van der Waals surface area contributed by atoms with E-state index in [1.807, 2.05) is 0 Å². The number of para-hydroxylation sites is 2. The molecule has 2 aromatic heterocycles. The number of anilines is 4. The Balaban J connectivity index is 1.19. The molecular weight excluding hydrogens is 653 g/mol. The Morgan fingerprint density at radius 1 is 0.980 bits per heavy atom. The molecule has 6 aromatic rings. The molecule has 15 heteroatoms. The first kappa shape index (κ1) is 32.8. The smallest absolute Gasteiger partial charge is 0.273 e. The molecule has 0 saturated carbocycles. The van der Waals surface area contributed by atoms with Gasteiger partial charge in [0.1, 0.15) is 36.0 Å². The number of ether oxygens (including phenoxy) is 2. The van der Waals surface area contributed by atoms with Crippen molar-refractivity contribution in [1.82, 2.24) is 30.3 Å². The van der Waals surface area contributed by atoms with E-state index < -0.39 is 11.7 Å². The van der Waals surface area contributed by atoms with Gasteiger partial charge in [0.2, 0.25) is 0 Å². The van der Waals surface area contributed by atoms with Crippen molar-refractivity contribution in [2.75, 3.05) is 36.7 Å². The minimum atomic E-state index is -0.544. The summed E-state index contributed by atoms with van der Waals surface area (Å²) in [7, 11) is 1.56. The van der Waals surface area contributed by atoms with E-state index in [1.54, 1.807) is 67.8 Å². The summed E-state index contributed by atoms with van der Waals surface area (Å²) in [4.78, 5) is 35.7. The lowest BCUT2D eigenvalue weighted by Crippen LogP contribution is -2.23. The number of nitrogens with zero attached hydrogens (tertiary/aromatic N) is 5. The summed E-state index contributed by atoms with van der Waals surface area (Å²) in [6.07, 6.45) is 2.72. The van der Waals surface area contributed by atoms with Gasteiger partial charge in [-0.25, -0.2) is 14.4 Å². The van der Waals surface area contributed by atoms with E-state index in [9.17, 15) is 14.0 Å². The molecule has 0 bridgehead atoms. The van der Waals surface area contributed by atoms with Gasteiger partial charge in [0, 0.05) is 36.4 Å². The Labute approximate surface area is 284 Å². The van der Waals surface area contributed by atoms with Gasteiger partial charge in [-0.1, -0.05) is 35.9 Å². The van der Waals surface area contributed by atoms with Crippen LogP contribution < -0.4 is 26.4 Å². The van der Waals surface area contributed by atoms with Gasteiger partial charge < -0.3 is 31.2 Å². The van der Waals surface area contributed by atoms with Crippen molar-refractivity contribution in [1.29, 1.82) is 0 Å². The van der Waals surface area contributed by atoms with Crippen molar-refractivity contribution >= 4 is 57.2 Å². The molecule has 0 aliphatic heterocycles. The first-order valence-electron chi connectivity index (χ1n) is 14.9. The van der Waals surface area contributed by atoms with Crippen molar-refractivity contribution in [2.24, 2.45) is 0 Å². The number of benzene rings is 4. The molecule has 13 nitrogen and oxygen atoms in total. The summed E-state index contributed by atoms with van der Waals surface area (Å²) in [6, 6.07) is 21.4. The van der Waals surface area contributed by atoms with Gasteiger partial charge in [-0.05, 0) is 54.1 Å². The summed E-state index contributed by atoms with van der Waals surface area (Å²) in [5.41, 5.74) is 9.63. The number of carbonyl (C=O) groups excluding carboxylic acids is 2. The monoisotopic (exact) mass is 681 g/mol. The zero-order valence-corrected chi connectivity index (χ0v) is 26.7. The highest BCUT2D eigenvalue weighted by Gasteiger charge is 2.18. The number of carbonyl (C=O) groups is 2. The normalized spacial score (nSPS) is 10.9. The molecule has 0 aliphatic rings. The number of nitrogens with one attached hydrogen (secondary N) is 3. The maximum Gasteiger partial charge on any atom is 0.273 e. The molecule has 5 N–H and O–H groups in total. The van der Waals surface area contributed by atoms with E-state index in [1.165, 1.54) is 35.5 Å². The maximum absolute atomic E-state index is 13.7. The van der Waals surface area contributed by atoms with E-state index in [2.05, 4.69) is 36.1 Å². The third-order valence-electron chi connectivity index (χ3n) is 7.26. The molecule has 248 valence electrons. The predicted molar refractivity (Wildman–Crippen MR) is 183 cm³/mol. The fourth-order valence-corrected chi connectivity index (χ4v) is 4.91. The fourth-order valence-electron chi connectivity index (χ4n) is 4.72. The molecule has 0 fully saturated rings. The van der Waals surface area contributed by atoms with E-state index in [0.717, 1.165) is 5.56 Å². The topological polar surface area (TPSA) is 171 Å². The molecule has 0 aliphatic carbocycles. The summed E-state index contributed by atoms with van der Waals surface area (Å²) in [5, 5.41) is 18.0. The minimum absolute atomic E-state index is 0.0429.